The maximum Gasteiger partial charge on any atom is 0.0285 e. The predicted octanol–water partition coefficient (Wildman–Crippen LogP) is 0.717. The monoisotopic (exact) mass is 243 g/mol. The molecule has 0 amide bonds. The first-order chi connectivity index (χ1) is 7.75. The molecular formula is C12H25N3S. The van der Waals surface area contributed by atoms with Crippen LogP contribution in [0.1, 0.15) is 12.8 Å². The predicted molar refractivity (Wildman–Crippen MR) is 72.3 cm³/mol. The van der Waals surface area contributed by atoms with Crippen LogP contribution in [0.5, 0.6) is 0 Å². The van der Waals surface area contributed by atoms with Crippen molar-refractivity contribution in [2.45, 2.75) is 24.9 Å². The molecule has 2 unspecified atom stereocenters. The zero-order valence-corrected chi connectivity index (χ0v) is 11.4. The fraction of sp³-hybridized carbons (Fsp3) is 1.00. The summed E-state index contributed by atoms with van der Waals surface area (Å²) in [5.41, 5.74) is 0. The van der Waals surface area contributed by atoms with Crippen molar-refractivity contribution in [3.63, 3.8) is 0 Å². The lowest BCUT2D eigenvalue weighted by Gasteiger charge is -2.31. The highest BCUT2D eigenvalue weighted by Gasteiger charge is 2.23. The van der Waals surface area contributed by atoms with Gasteiger partial charge in [-0.15, -0.1) is 0 Å². The minimum atomic E-state index is 0.704. The van der Waals surface area contributed by atoms with E-state index in [-0.39, 0.29) is 0 Å². The van der Waals surface area contributed by atoms with Gasteiger partial charge in [0.15, 0.2) is 0 Å². The molecule has 2 fully saturated rings. The summed E-state index contributed by atoms with van der Waals surface area (Å²) in [5.74, 6) is 2.57. The highest BCUT2D eigenvalue weighted by atomic mass is 32.2. The van der Waals surface area contributed by atoms with Crippen LogP contribution >= 0.6 is 11.8 Å². The molecule has 3 nitrogen and oxygen atoms in total. The summed E-state index contributed by atoms with van der Waals surface area (Å²) in [6, 6.07) is 1.50. The maximum absolute atomic E-state index is 3.61. The van der Waals surface area contributed by atoms with Crippen molar-refractivity contribution in [2.24, 2.45) is 0 Å². The largest absolute Gasteiger partial charge is 0.311 e. The first-order valence-electron chi connectivity index (χ1n) is 6.45. The van der Waals surface area contributed by atoms with Gasteiger partial charge in [-0.2, -0.15) is 11.8 Å². The Morgan fingerprint density at radius 1 is 1.44 bits per heavy atom. The third kappa shape index (κ3) is 3.62. The number of thioether (sulfide) groups is 1. The van der Waals surface area contributed by atoms with Gasteiger partial charge in [-0.05, 0) is 33.5 Å². The maximum atomic E-state index is 3.61. The van der Waals surface area contributed by atoms with Crippen LogP contribution in [0, 0.1) is 0 Å². The van der Waals surface area contributed by atoms with Gasteiger partial charge in [-0.3, -0.25) is 0 Å². The van der Waals surface area contributed by atoms with Crippen molar-refractivity contribution in [1.82, 2.24) is 15.1 Å². The molecule has 0 aromatic heterocycles. The van der Waals surface area contributed by atoms with E-state index < -0.39 is 0 Å². The van der Waals surface area contributed by atoms with E-state index in [9.17, 15) is 0 Å². The molecule has 4 heteroatoms. The Balaban J connectivity index is 1.68. The first kappa shape index (κ1) is 12.7. The van der Waals surface area contributed by atoms with Crippen LogP contribution in [0.2, 0.25) is 0 Å². The van der Waals surface area contributed by atoms with E-state index in [4.69, 9.17) is 0 Å². The molecule has 2 aliphatic heterocycles. The second-order valence-electron chi connectivity index (χ2n) is 5.22. The SMILES string of the molecule is CN(CC1CSCCN1)CC1CCCN1C. The lowest BCUT2D eigenvalue weighted by Crippen LogP contribution is -2.47. The van der Waals surface area contributed by atoms with Gasteiger partial charge < -0.3 is 15.1 Å². The molecular weight excluding hydrogens is 218 g/mol. The van der Waals surface area contributed by atoms with Crippen LogP contribution in [-0.4, -0.2) is 73.7 Å². The molecule has 2 heterocycles. The summed E-state index contributed by atoms with van der Waals surface area (Å²) in [7, 11) is 4.54. The number of nitrogens with zero attached hydrogens (tertiary/aromatic N) is 2. The van der Waals surface area contributed by atoms with E-state index >= 15 is 0 Å². The topological polar surface area (TPSA) is 18.5 Å². The molecule has 2 atom stereocenters. The Morgan fingerprint density at radius 2 is 2.31 bits per heavy atom. The number of hydrogen-bond acceptors (Lipinski definition) is 4. The molecule has 2 rings (SSSR count). The average Bonchev–Trinajstić information content (AvgIpc) is 2.66. The number of likely N-dealkylation sites (tertiary alicyclic amines) is 1. The Hall–Kier alpha value is 0.230. The Kier molecular flexibility index (Phi) is 4.95. The van der Waals surface area contributed by atoms with E-state index in [0.717, 1.165) is 6.04 Å². The van der Waals surface area contributed by atoms with Gasteiger partial charge in [0.1, 0.15) is 0 Å². The van der Waals surface area contributed by atoms with Crippen molar-refractivity contribution in [1.29, 1.82) is 0 Å². The van der Waals surface area contributed by atoms with Crippen LogP contribution in [0.4, 0.5) is 0 Å². The number of rotatable bonds is 4. The molecule has 2 saturated heterocycles. The van der Waals surface area contributed by atoms with Crippen molar-refractivity contribution < 1.29 is 0 Å². The Bertz CT molecular complexity index is 206. The minimum Gasteiger partial charge on any atom is -0.311 e. The molecule has 2 aliphatic rings. The number of hydrogen-bond donors (Lipinski definition) is 1. The normalized spacial score (nSPS) is 32.4. The summed E-state index contributed by atoms with van der Waals surface area (Å²) in [5, 5.41) is 3.61. The molecule has 16 heavy (non-hydrogen) atoms. The zero-order chi connectivity index (χ0) is 11.4. The summed E-state index contributed by atoms with van der Waals surface area (Å²) >= 11 is 2.09. The summed E-state index contributed by atoms with van der Waals surface area (Å²) in [6.45, 7) is 4.92. The summed E-state index contributed by atoms with van der Waals surface area (Å²) < 4.78 is 0. The molecule has 0 aromatic carbocycles. The zero-order valence-electron chi connectivity index (χ0n) is 10.6. The molecule has 0 radical (unpaired) electrons. The van der Waals surface area contributed by atoms with Crippen molar-refractivity contribution in [3.8, 4) is 0 Å². The molecule has 1 N–H and O–H groups in total. The van der Waals surface area contributed by atoms with Crippen molar-refractivity contribution in [3.05, 3.63) is 0 Å². The standard InChI is InChI=1S/C12H25N3S/c1-14(8-11-10-16-7-5-13-11)9-12-4-3-6-15(12)2/h11-13H,3-10H2,1-2H3. The Labute approximate surface area is 104 Å². The lowest BCUT2D eigenvalue weighted by molar-refractivity contribution is 0.209. The highest BCUT2D eigenvalue weighted by molar-refractivity contribution is 7.99. The van der Waals surface area contributed by atoms with Crippen LogP contribution in [0.3, 0.4) is 0 Å². The third-order valence-corrected chi connectivity index (χ3v) is 4.86. The van der Waals surface area contributed by atoms with Gasteiger partial charge >= 0.3 is 0 Å². The fourth-order valence-electron chi connectivity index (χ4n) is 2.76. The first-order valence-corrected chi connectivity index (χ1v) is 7.61. The van der Waals surface area contributed by atoms with Gasteiger partial charge in [-0.25, -0.2) is 0 Å². The smallest absolute Gasteiger partial charge is 0.0285 e. The van der Waals surface area contributed by atoms with E-state index in [1.54, 1.807) is 0 Å². The second-order valence-corrected chi connectivity index (χ2v) is 6.37. The summed E-state index contributed by atoms with van der Waals surface area (Å²) in [6.07, 6.45) is 2.76. The molecule has 0 bridgehead atoms. The van der Waals surface area contributed by atoms with E-state index in [0.29, 0.717) is 6.04 Å². The molecule has 0 aliphatic carbocycles. The van der Waals surface area contributed by atoms with Crippen LogP contribution in [0.15, 0.2) is 0 Å². The van der Waals surface area contributed by atoms with Crippen LogP contribution < -0.4 is 5.32 Å². The average molecular weight is 243 g/mol. The molecule has 0 aromatic rings. The van der Waals surface area contributed by atoms with E-state index in [2.05, 4.69) is 41.0 Å². The quantitative estimate of drug-likeness (QED) is 0.784. The van der Waals surface area contributed by atoms with Crippen molar-refractivity contribution in [2.75, 3.05) is 51.8 Å². The fourth-order valence-corrected chi connectivity index (χ4v) is 3.69. The molecule has 0 spiro atoms. The van der Waals surface area contributed by atoms with Gasteiger partial charge in [0.2, 0.25) is 0 Å². The third-order valence-electron chi connectivity index (χ3n) is 3.72. The molecule has 94 valence electrons. The van der Waals surface area contributed by atoms with E-state index in [1.165, 1.54) is 50.5 Å². The summed E-state index contributed by atoms with van der Waals surface area (Å²) in [4.78, 5) is 5.02. The minimum absolute atomic E-state index is 0.704. The molecule has 0 saturated carbocycles. The van der Waals surface area contributed by atoms with Crippen LogP contribution in [0.25, 0.3) is 0 Å². The number of nitrogens with one attached hydrogen (secondary N) is 1. The van der Waals surface area contributed by atoms with Gasteiger partial charge in [0, 0.05) is 43.2 Å². The van der Waals surface area contributed by atoms with Gasteiger partial charge in [0.05, 0.1) is 0 Å². The lowest BCUT2D eigenvalue weighted by atomic mass is 10.2. The Morgan fingerprint density at radius 3 is 2.94 bits per heavy atom. The second kappa shape index (κ2) is 6.24. The van der Waals surface area contributed by atoms with Gasteiger partial charge in [-0.1, -0.05) is 0 Å². The van der Waals surface area contributed by atoms with Crippen molar-refractivity contribution >= 4 is 11.8 Å². The van der Waals surface area contributed by atoms with E-state index in [1.807, 2.05) is 0 Å². The van der Waals surface area contributed by atoms with Gasteiger partial charge in [0.25, 0.3) is 0 Å². The number of likely N-dealkylation sites (N-methyl/N-ethyl adjacent to an activating group) is 2. The van der Waals surface area contributed by atoms with Crippen LogP contribution in [-0.2, 0) is 0 Å². The highest BCUT2D eigenvalue weighted by Crippen LogP contribution is 2.16.